The minimum Gasteiger partial charge on any atom is -0.301 e. The Kier molecular flexibility index (Phi) is 6.47. The number of nitrogens with zero attached hydrogens (tertiary/aromatic N) is 3. The maximum Gasteiger partial charge on any atom is 0.109 e. The normalized spacial score (nSPS) is 31.4. The number of nitrogens with one attached hydrogen (secondary N) is 1. The molecule has 0 aromatic rings. The molecule has 1 heterocycles. The smallest absolute Gasteiger partial charge is 0.109 e. The van der Waals surface area contributed by atoms with Crippen LogP contribution in [0.5, 0.6) is 0 Å². The quantitative estimate of drug-likeness (QED) is 0.780. The van der Waals surface area contributed by atoms with E-state index in [9.17, 15) is 5.26 Å². The van der Waals surface area contributed by atoms with E-state index < -0.39 is 0 Å². The Morgan fingerprint density at radius 2 is 1.81 bits per heavy atom. The first-order valence-electron chi connectivity index (χ1n) is 8.85. The molecule has 2 unspecified atom stereocenters. The third kappa shape index (κ3) is 4.18. The molecular formula is C17H32N4. The summed E-state index contributed by atoms with van der Waals surface area (Å²) in [5.41, 5.74) is -0.237. The van der Waals surface area contributed by atoms with Crippen LogP contribution >= 0.6 is 0 Å². The molecule has 1 N–H and O–H groups in total. The second kappa shape index (κ2) is 8.12. The van der Waals surface area contributed by atoms with E-state index in [-0.39, 0.29) is 5.54 Å². The molecule has 1 aliphatic heterocycles. The monoisotopic (exact) mass is 292 g/mol. The lowest BCUT2D eigenvalue weighted by atomic mass is 9.85. The van der Waals surface area contributed by atoms with Crippen molar-refractivity contribution in [2.75, 3.05) is 45.8 Å². The summed E-state index contributed by atoms with van der Waals surface area (Å²) in [5, 5.41) is 13.1. The number of nitriles is 1. The lowest BCUT2D eigenvalue weighted by Crippen LogP contribution is -2.49. The van der Waals surface area contributed by atoms with Crippen LogP contribution in [0.3, 0.4) is 0 Å². The molecule has 4 heteroatoms. The fourth-order valence-electron chi connectivity index (χ4n) is 4.09. The summed E-state index contributed by atoms with van der Waals surface area (Å²) in [7, 11) is 0. The summed E-state index contributed by atoms with van der Waals surface area (Å²) in [6.45, 7) is 12.5. The fraction of sp³-hybridized carbons (Fsp3) is 0.941. The Bertz CT molecular complexity index is 343. The van der Waals surface area contributed by atoms with Gasteiger partial charge < -0.3 is 9.80 Å². The summed E-state index contributed by atoms with van der Waals surface area (Å²) in [6, 6.07) is 2.60. The summed E-state index contributed by atoms with van der Waals surface area (Å²) in [6.07, 6.45) is 5.89. The van der Waals surface area contributed by atoms with E-state index in [2.05, 4.69) is 35.0 Å². The van der Waals surface area contributed by atoms with E-state index in [0.717, 1.165) is 13.0 Å². The molecule has 0 radical (unpaired) electrons. The lowest BCUT2D eigenvalue weighted by Gasteiger charge is -2.36. The highest BCUT2D eigenvalue weighted by Gasteiger charge is 2.42. The van der Waals surface area contributed by atoms with Gasteiger partial charge in [0.1, 0.15) is 5.54 Å². The molecule has 2 atom stereocenters. The standard InChI is InChI=1S/C17H32N4/c1-3-9-20-11-13-21(14-12-20)10-7-16-6-5-8-17(16,15-18)19-4-2/h16,19H,3-14H2,1-2H3. The zero-order valence-corrected chi connectivity index (χ0v) is 13.9. The van der Waals surface area contributed by atoms with Crippen LogP contribution in [0.25, 0.3) is 0 Å². The Labute approximate surface area is 130 Å². The van der Waals surface area contributed by atoms with Gasteiger partial charge in [-0.1, -0.05) is 20.3 Å². The first-order chi connectivity index (χ1) is 10.2. The van der Waals surface area contributed by atoms with Crippen LogP contribution in [0.2, 0.25) is 0 Å². The van der Waals surface area contributed by atoms with Crippen molar-refractivity contribution in [2.24, 2.45) is 5.92 Å². The largest absolute Gasteiger partial charge is 0.301 e. The zero-order chi connectivity index (χ0) is 15.1. The van der Waals surface area contributed by atoms with Gasteiger partial charge in [-0.25, -0.2) is 0 Å². The molecule has 1 saturated carbocycles. The van der Waals surface area contributed by atoms with Crippen molar-refractivity contribution in [1.29, 1.82) is 5.26 Å². The van der Waals surface area contributed by atoms with Gasteiger partial charge in [-0.15, -0.1) is 0 Å². The van der Waals surface area contributed by atoms with Crippen LogP contribution in [0.1, 0.15) is 46.0 Å². The van der Waals surface area contributed by atoms with Crippen LogP contribution in [-0.2, 0) is 0 Å². The number of hydrogen-bond acceptors (Lipinski definition) is 4. The molecule has 0 aromatic carbocycles. The molecular weight excluding hydrogens is 260 g/mol. The van der Waals surface area contributed by atoms with Crippen LogP contribution in [-0.4, -0.2) is 61.2 Å². The molecule has 1 saturated heterocycles. The topological polar surface area (TPSA) is 42.3 Å². The van der Waals surface area contributed by atoms with Crippen molar-refractivity contribution >= 4 is 0 Å². The summed E-state index contributed by atoms with van der Waals surface area (Å²) in [4.78, 5) is 5.17. The Morgan fingerprint density at radius 3 is 2.38 bits per heavy atom. The fourth-order valence-corrected chi connectivity index (χ4v) is 4.09. The zero-order valence-electron chi connectivity index (χ0n) is 13.9. The molecule has 0 spiro atoms. The summed E-state index contributed by atoms with van der Waals surface area (Å²) in [5.74, 6) is 0.538. The van der Waals surface area contributed by atoms with Gasteiger partial charge in [-0.2, -0.15) is 5.26 Å². The predicted octanol–water partition coefficient (Wildman–Crippen LogP) is 2.08. The van der Waals surface area contributed by atoms with Gasteiger partial charge in [-0.05, 0) is 51.2 Å². The first-order valence-corrected chi connectivity index (χ1v) is 8.85. The second-order valence-electron chi connectivity index (χ2n) is 6.67. The second-order valence-corrected chi connectivity index (χ2v) is 6.67. The van der Waals surface area contributed by atoms with E-state index in [1.807, 2.05) is 0 Å². The van der Waals surface area contributed by atoms with Crippen LogP contribution in [0, 0.1) is 17.2 Å². The number of rotatable bonds is 7. The van der Waals surface area contributed by atoms with Gasteiger partial charge in [0.25, 0.3) is 0 Å². The van der Waals surface area contributed by atoms with E-state index in [1.54, 1.807) is 0 Å². The van der Waals surface area contributed by atoms with Crippen molar-refractivity contribution in [3.63, 3.8) is 0 Å². The maximum atomic E-state index is 9.62. The average Bonchev–Trinajstić information content (AvgIpc) is 2.90. The molecule has 0 amide bonds. The summed E-state index contributed by atoms with van der Waals surface area (Å²) < 4.78 is 0. The molecule has 2 rings (SSSR count). The third-order valence-electron chi connectivity index (χ3n) is 5.31. The highest BCUT2D eigenvalue weighted by atomic mass is 15.3. The molecule has 2 aliphatic rings. The predicted molar refractivity (Wildman–Crippen MR) is 87.1 cm³/mol. The Morgan fingerprint density at radius 1 is 1.14 bits per heavy atom. The van der Waals surface area contributed by atoms with Gasteiger partial charge >= 0.3 is 0 Å². The molecule has 21 heavy (non-hydrogen) atoms. The van der Waals surface area contributed by atoms with Crippen molar-refractivity contribution < 1.29 is 0 Å². The van der Waals surface area contributed by atoms with E-state index >= 15 is 0 Å². The minimum atomic E-state index is -0.237. The van der Waals surface area contributed by atoms with Gasteiger partial charge in [0.15, 0.2) is 0 Å². The SMILES string of the molecule is CCCN1CCN(CCC2CCCC2(C#N)NCC)CC1. The van der Waals surface area contributed by atoms with Crippen molar-refractivity contribution in [2.45, 2.75) is 51.5 Å². The van der Waals surface area contributed by atoms with E-state index in [0.29, 0.717) is 5.92 Å². The van der Waals surface area contributed by atoms with Crippen molar-refractivity contribution in [3.8, 4) is 6.07 Å². The molecule has 0 bridgehead atoms. The average molecular weight is 292 g/mol. The van der Waals surface area contributed by atoms with Crippen LogP contribution in [0.15, 0.2) is 0 Å². The molecule has 4 nitrogen and oxygen atoms in total. The van der Waals surface area contributed by atoms with Crippen LogP contribution in [0.4, 0.5) is 0 Å². The minimum absolute atomic E-state index is 0.237. The highest BCUT2D eigenvalue weighted by molar-refractivity contribution is 5.14. The lowest BCUT2D eigenvalue weighted by molar-refractivity contribution is 0.123. The van der Waals surface area contributed by atoms with E-state index in [4.69, 9.17) is 0 Å². The van der Waals surface area contributed by atoms with Gasteiger partial charge in [0.2, 0.25) is 0 Å². The highest BCUT2D eigenvalue weighted by Crippen LogP contribution is 2.37. The third-order valence-corrected chi connectivity index (χ3v) is 5.31. The first kappa shape index (κ1) is 16.7. The summed E-state index contributed by atoms with van der Waals surface area (Å²) >= 11 is 0. The van der Waals surface area contributed by atoms with Gasteiger partial charge in [0, 0.05) is 26.2 Å². The van der Waals surface area contributed by atoms with Crippen LogP contribution < -0.4 is 5.32 Å². The van der Waals surface area contributed by atoms with E-state index in [1.165, 1.54) is 65.0 Å². The molecule has 120 valence electrons. The Hall–Kier alpha value is -0.630. The number of piperazine rings is 1. The van der Waals surface area contributed by atoms with Crippen molar-refractivity contribution in [1.82, 2.24) is 15.1 Å². The Balaban J connectivity index is 1.77. The van der Waals surface area contributed by atoms with Crippen molar-refractivity contribution in [3.05, 3.63) is 0 Å². The molecule has 1 aliphatic carbocycles. The van der Waals surface area contributed by atoms with Gasteiger partial charge in [0.05, 0.1) is 6.07 Å². The van der Waals surface area contributed by atoms with Gasteiger partial charge in [-0.3, -0.25) is 5.32 Å². The molecule has 0 aromatic heterocycles. The molecule has 2 fully saturated rings. The maximum absolute atomic E-state index is 9.62. The number of hydrogen-bond donors (Lipinski definition) is 1.